The van der Waals surface area contributed by atoms with Gasteiger partial charge in [0.1, 0.15) is 24.3 Å². The first-order valence-corrected chi connectivity index (χ1v) is 16.1. The zero-order chi connectivity index (χ0) is 27.4. The minimum absolute atomic E-state index is 0.103. The van der Waals surface area contributed by atoms with Crippen LogP contribution in [-0.2, 0) is 14.3 Å². The Kier molecular flexibility index (Phi) is 9.19. The van der Waals surface area contributed by atoms with Crippen molar-refractivity contribution in [1.29, 1.82) is 0 Å². The van der Waals surface area contributed by atoms with E-state index in [0.29, 0.717) is 12.1 Å². The highest BCUT2D eigenvalue weighted by molar-refractivity contribution is 6.76. The number of imide groups is 1. The number of aliphatic hydroxyl groups is 1. The van der Waals surface area contributed by atoms with Gasteiger partial charge in [0.25, 0.3) is 17.4 Å². The summed E-state index contributed by atoms with van der Waals surface area (Å²) in [4.78, 5) is 44.5. The number of piperidine rings is 1. The van der Waals surface area contributed by atoms with Crippen LogP contribution in [0.25, 0.3) is 10.9 Å². The number of aryl methyl sites for hydroxylation is 1. The molecule has 1 aliphatic heterocycles. The van der Waals surface area contributed by atoms with Crippen molar-refractivity contribution >= 4 is 30.8 Å². The molecule has 1 fully saturated rings. The molecule has 1 atom stereocenters. The lowest BCUT2D eigenvalue weighted by Crippen LogP contribution is -2.49. The first-order valence-electron chi connectivity index (χ1n) is 12.4. The quantitative estimate of drug-likeness (QED) is 0.250. The number of carbonyl (C=O) groups is 2. The van der Waals surface area contributed by atoms with Crippen LogP contribution in [0.1, 0.15) is 37.5 Å². The van der Waals surface area contributed by atoms with Crippen LogP contribution in [0.3, 0.4) is 0 Å². The number of ether oxygens (including phenoxy) is 2. The molecule has 0 radical (unpaired) electrons. The zero-order valence-electron chi connectivity index (χ0n) is 21.8. The third kappa shape index (κ3) is 7.42. The molecule has 1 aromatic carbocycles. The SMILES string of the molecule is Cc1nc2cc(OCCC(F)(F)CCO)ccc2c(=O)n1C1CCC(=O)N(COCC[Si](C)(C)C)C1=O. The van der Waals surface area contributed by atoms with Gasteiger partial charge < -0.3 is 14.6 Å². The number of benzene rings is 1. The van der Waals surface area contributed by atoms with Gasteiger partial charge in [-0.1, -0.05) is 19.6 Å². The molecule has 1 unspecified atom stereocenters. The number of halogens is 2. The van der Waals surface area contributed by atoms with Crippen LogP contribution in [0.15, 0.2) is 23.0 Å². The molecule has 0 saturated carbocycles. The van der Waals surface area contributed by atoms with E-state index < -0.39 is 51.0 Å². The Labute approximate surface area is 215 Å². The molecule has 2 aromatic rings. The number of aromatic nitrogens is 2. The molecule has 37 heavy (non-hydrogen) atoms. The maximum absolute atomic E-state index is 13.6. The van der Waals surface area contributed by atoms with Gasteiger partial charge in [-0.15, -0.1) is 0 Å². The number of alkyl halides is 2. The first kappa shape index (κ1) is 28.9. The fraction of sp³-hybridized carbons (Fsp3) is 0.600. The number of hydrogen-bond donors (Lipinski definition) is 1. The molecule has 3 rings (SSSR count). The van der Waals surface area contributed by atoms with Crippen LogP contribution in [0, 0.1) is 6.92 Å². The van der Waals surface area contributed by atoms with Crippen molar-refractivity contribution in [3.63, 3.8) is 0 Å². The fourth-order valence-corrected chi connectivity index (χ4v) is 4.84. The minimum Gasteiger partial charge on any atom is -0.493 e. The van der Waals surface area contributed by atoms with Gasteiger partial charge >= 0.3 is 0 Å². The van der Waals surface area contributed by atoms with Gasteiger partial charge in [0.15, 0.2) is 0 Å². The summed E-state index contributed by atoms with van der Waals surface area (Å²) in [6.07, 6.45) is -0.909. The molecule has 1 saturated heterocycles. The van der Waals surface area contributed by atoms with E-state index in [1.807, 2.05) is 0 Å². The molecule has 1 N–H and O–H groups in total. The minimum atomic E-state index is -3.03. The van der Waals surface area contributed by atoms with Crippen LogP contribution in [0.4, 0.5) is 8.78 Å². The van der Waals surface area contributed by atoms with E-state index in [9.17, 15) is 23.2 Å². The topological polar surface area (TPSA) is 111 Å². The van der Waals surface area contributed by atoms with Gasteiger partial charge in [0.05, 0.1) is 17.5 Å². The second-order valence-corrected chi connectivity index (χ2v) is 16.1. The van der Waals surface area contributed by atoms with Crippen molar-refractivity contribution < 1.29 is 33.0 Å². The van der Waals surface area contributed by atoms with Gasteiger partial charge in [-0.2, -0.15) is 0 Å². The van der Waals surface area contributed by atoms with Gasteiger partial charge in [0.2, 0.25) is 5.91 Å². The average Bonchev–Trinajstić information content (AvgIpc) is 2.78. The van der Waals surface area contributed by atoms with E-state index in [1.165, 1.54) is 22.8 Å². The number of aliphatic hydroxyl groups excluding tert-OH is 1. The Morgan fingerprint density at radius 2 is 1.89 bits per heavy atom. The lowest BCUT2D eigenvalue weighted by Gasteiger charge is -2.32. The number of amides is 2. The Morgan fingerprint density at radius 1 is 1.16 bits per heavy atom. The lowest BCUT2D eigenvalue weighted by atomic mass is 10.0. The Morgan fingerprint density at radius 3 is 2.57 bits per heavy atom. The Bertz CT molecular complexity index is 1200. The maximum Gasteiger partial charge on any atom is 0.262 e. The number of fused-ring (bicyclic) bond motifs is 1. The molecule has 2 amide bonds. The normalized spacial score (nSPS) is 17.1. The summed E-state index contributed by atoms with van der Waals surface area (Å²) in [5.41, 5.74) is -0.125. The summed E-state index contributed by atoms with van der Waals surface area (Å²) in [5.74, 6) is -3.30. The van der Waals surface area contributed by atoms with E-state index in [0.717, 1.165) is 10.9 Å². The van der Waals surface area contributed by atoms with Crippen LogP contribution in [-0.4, -0.2) is 71.9 Å². The number of rotatable bonds is 12. The molecule has 2 heterocycles. The predicted octanol–water partition coefficient (Wildman–Crippen LogP) is 3.49. The third-order valence-electron chi connectivity index (χ3n) is 6.28. The van der Waals surface area contributed by atoms with Gasteiger partial charge in [0, 0.05) is 46.6 Å². The highest BCUT2D eigenvalue weighted by Gasteiger charge is 2.37. The molecular weight excluding hydrogens is 504 g/mol. The van der Waals surface area contributed by atoms with Gasteiger partial charge in [-0.05, 0) is 31.5 Å². The van der Waals surface area contributed by atoms with E-state index in [2.05, 4.69) is 24.6 Å². The second kappa shape index (κ2) is 11.8. The lowest BCUT2D eigenvalue weighted by molar-refractivity contribution is -0.157. The zero-order valence-corrected chi connectivity index (χ0v) is 22.8. The maximum atomic E-state index is 13.6. The molecule has 0 bridgehead atoms. The molecule has 0 aliphatic carbocycles. The van der Waals surface area contributed by atoms with Crippen molar-refractivity contribution in [2.75, 3.05) is 26.6 Å². The second-order valence-electron chi connectivity index (χ2n) is 10.5. The number of likely N-dealkylation sites (tertiary alicyclic amines) is 1. The smallest absolute Gasteiger partial charge is 0.262 e. The first-order chi connectivity index (χ1) is 17.3. The standard InChI is InChI=1S/C25H35F2N3O6Si/c1-17-28-20-15-18(36-12-10-25(26,27)9-11-31)5-6-19(20)23(33)30(17)21-7-8-22(32)29(24(21)34)16-35-13-14-37(2,3)4/h5-6,15,21,31H,7-14,16H2,1-4H3. The molecular formula is C25H35F2N3O6Si. The Balaban J connectivity index is 1.77. The molecule has 0 spiro atoms. The number of nitrogens with zero attached hydrogens (tertiary/aromatic N) is 3. The Hall–Kier alpha value is -2.70. The molecule has 1 aromatic heterocycles. The summed E-state index contributed by atoms with van der Waals surface area (Å²) in [7, 11) is -1.33. The molecule has 1 aliphatic rings. The highest BCUT2D eigenvalue weighted by Crippen LogP contribution is 2.27. The van der Waals surface area contributed by atoms with Crippen LogP contribution < -0.4 is 10.3 Å². The van der Waals surface area contributed by atoms with E-state index in [4.69, 9.17) is 14.6 Å². The average molecular weight is 540 g/mol. The number of carbonyl (C=O) groups excluding carboxylic acids is 2. The van der Waals surface area contributed by atoms with Crippen LogP contribution >= 0.6 is 0 Å². The van der Waals surface area contributed by atoms with Crippen molar-refractivity contribution in [3.05, 3.63) is 34.4 Å². The summed E-state index contributed by atoms with van der Waals surface area (Å²) in [6, 6.07) is 4.48. The fourth-order valence-electron chi connectivity index (χ4n) is 4.08. The molecule has 9 nitrogen and oxygen atoms in total. The van der Waals surface area contributed by atoms with Crippen molar-refractivity contribution in [2.45, 2.75) is 70.3 Å². The molecule has 204 valence electrons. The van der Waals surface area contributed by atoms with E-state index >= 15 is 0 Å². The van der Waals surface area contributed by atoms with E-state index in [-0.39, 0.29) is 49.0 Å². The summed E-state index contributed by atoms with van der Waals surface area (Å²) < 4.78 is 39.5. The van der Waals surface area contributed by atoms with Gasteiger partial charge in [-0.3, -0.25) is 23.9 Å². The summed E-state index contributed by atoms with van der Waals surface area (Å²) >= 11 is 0. The third-order valence-corrected chi connectivity index (χ3v) is 7.98. The summed E-state index contributed by atoms with van der Waals surface area (Å²) in [5, 5.41) is 8.96. The van der Waals surface area contributed by atoms with Crippen LogP contribution in [0.5, 0.6) is 5.75 Å². The predicted molar refractivity (Wildman–Crippen MR) is 137 cm³/mol. The van der Waals surface area contributed by atoms with Gasteiger partial charge in [-0.25, -0.2) is 13.8 Å². The van der Waals surface area contributed by atoms with Crippen LogP contribution in [0.2, 0.25) is 25.7 Å². The summed E-state index contributed by atoms with van der Waals surface area (Å²) in [6.45, 7) is 7.65. The highest BCUT2D eigenvalue weighted by atomic mass is 28.3. The monoisotopic (exact) mass is 539 g/mol. The van der Waals surface area contributed by atoms with Crippen molar-refractivity contribution in [3.8, 4) is 5.75 Å². The van der Waals surface area contributed by atoms with Crippen molar-refractivity contribution in [1.82, 2.24) is 14.5 Å². The molecule has 12 heteroatoms. The largest absolute Gasteiger partial charge is 0.493 e. The van der Waals surface area contributed by atoms with Crippen molar-refractivity contribution in [2.24, 2.45) is 0 Å². The van der Waals surface area contributed by atoms with E-state index in [1.54, 1.807) is 6.92 Å². The number of hydrogen-bond acceptors (Lipinski definition) is 7.